The molecule has 1 aromatic heterocycles. The molecule has 0 saturated carbocycles. The van der Waals surface area contributed by atoms with E-state index in [1.165, 1.54) is 36.4 Å². The van der Waals surface area contributed by atoms with Gasteiger partial charge >= 0.3 is 0 Å². The molecule has 3 aromatic rings. The zero-order valence-electron chi connectivity index (χ0n) is 11.7. The highest BCUT2D eigenvalue weighted by Crippen LogP contribution is 2.24. The smallest absolute Gasteiger partial charge is 0.276 e. The van der Waals surface area contributed by atoms with Crippen molar-refractivity contribution in [2.45, 2.75) is 0 Å². The maximum atomic E-state index is 13.2. The van der Waals surface area contributed by atoms with Crippen LogP contribution >= 0.6 is 0 Å². The van der Waals surface area contributed by atoms with E-state index in [0.717, 1.165) is 0 Å². The van der Waals surface area contributed by atoms with Crippen LogP contribution in [0.25, 0.3) is 22.7 Å². The van der Waals surface area contributed by atoms with Gasteiger partial charge in [-0.2, -0.15) is 5.26 Å². The number of aromatic amines is 1. The van der Waals surface area contributed by atoms with E-state index in [2.05, 4.69) is 9.97 Å². The molecule has 112 valence electrons. The van der Waals surface area contributed by atoms with Gasteiger partial charge in [0, 0.05) is 6.07 Å². The Bertz CT molecular complexity index is 985. The highest BCUT2D eigenvalue weighted by Gasteiger charge is 2.14. The lowest BCUT2D eigenvalue weighted by Gasteiger charge is -1.98. The Kier molecular flexibility index (Phi) is 3.57. The van der Waals surface area contributed by atoms with Crippen molar-refractivity contribution >= 4 is 28.4 Å². The molecule has 7 heteroatoms. The summed E-state index contributed by atoms with van der Waals surface area (Å²) in [4.78, 5) is 17.6. The Balaban J connectivity index is 2.12. The summed E-state index contributed by atoms with van der Waals surface area (Å²) >= 11 is 0. The lowest BCUT2D eigenvalue weighted by atomic mass is 10.1. The molecule has 1 N–H and O–H groups in total. The van der Waals surface area contributed by atoms with Crippen molar-refractivity contribution in [1.82, 2.24) is 9.97 Å². The summed E-state index contributed by atoms with van der Waals surface area (Å²) < 4.78 is 13.2. The van der Waals surface area contributed by atoms with Gasteiger partial charge in [0.25, 0.3) is 5.69 Å². The number of H-pyrrole nitrogens is 1. The number of nitrogens with one attached hydrogen (secondary N) is 1. The maximum Gasteiger partial charge on any atom is 0.276 e. The fourth-order valence-electron chi connectivity index (χ4n) is 2.19. The number of nitro groups is 1. The molecule has 23 heavy (non-hydrogen) atoms. The Labute approximate surface area is 129 Å². The minimum Gasteiger partial charge on any atom is -0.337 e. The number of nitriles is 1. The first-order valence-corrected chi connectivity index (χ1v) is 6.59. The lowest BCUT2D eigenvalue weighted by molar-refractivity contribution is -0.385. The summed E-state index contributed by atoms with van der Waals surface area (Å²) in [5, 5.41) is 20.4. The second-order valence-electron chi connectivity index (χ2n) is 4.73. The van der Waals surface area contributed by atoms with Crippen molar-refractivity contribution < 1.29 is 9.31 Å². The molecule has 2 aromatic carbocycles. The molecule has 6 nitrogen and oxygen atoms in total. The Morgan fingerprint density at radius 1 is 1.35 bits per heavy atom. The molecule has 0 aliphatic carbocycles. The van der Waals surface area contributed by atoms with E-state index in [1.54, 1.807) is 12.1 Å². The number of halogens is 1. The van der Waals surface area contributed by atoms with Crippen LogP contribution < -0.4 is 0 Å². The van der Waals surface area contributed by atoms with Crippen LogP contribution in [0.1, 0.15) is 11.4 Å². The van der Waals surface area contributed by atoms with Gasteiger partial charge in [-0.05, 0) is 30.3 Å². The highest BCUT2D eigenvalue weighted by atomic mass is 19.1. The van der Waals surface area contributed by atoms with Crippen LogP contribution in [0.2, 0.25) is 0 Å². The van der Waals surface area contributed by atoms with Crippen LogP contribution in [-0.2, 0) is 0 Å². The van der Waals surface area contributed by atoms with E-state index < -0.39 is 10.7 Å². The van der Waals surface area contributed by atoms with Gasteiger partial charge in [0.15, 0.2) is 0 Å². The molecular weight excluding hydrogens is 299 g/mol. The molecule has 1 heterocycles. The molecule has 0 atom stereocenters. The number of hydrogen-bond acceptors (Lipinski definition) is 4. The molecule has 0 aliphatic heterocycles. The predicted molar refractivity (Wildman–Crippen MR) is 82.6 cm³/mol. The number of para-hydroxylation sites is 1. The van der Waals surface area contributed by atoms with Gasteiger partial charge in [-0.15, -0.1) is 0 Å². The first-order valence-electron chi connectivity index (χ1n) is 6.59. The Morgan fingerprint density at radius 2 is 2.13 bits per heavy atom. The van der Waals surface area contributed by atoms with E-state index >= 15 is 0 Å². The molecule has 0 amide bonds. The van der Waals surface area contributed by atoms with Crippen molar-refractivity contribution in [3.8, 4) is 6.07 Å². The van der Waals surface area contributed by atoms with Gasteiger partial charge in [-0.1, -0.05) is 12.1 Å². The third-order valence-corrected chi connectivity index (χ3v) is 3.25. The number of nitro benzene ring substituents is 1. The molecule has 0 fully saturated rings. The lowest BCUT2D eigenvalue weighted by Crippen LogP contribution is -1.92. The number of benzene rings is 2. The van der Waals surface area contributed by atoms with Gasteiger partial charge in [0.1, 0.15) is 17.7 Å². The summed E-state index contributed by atoms with van der Waals surface area (Å²) in [6.45, 7) is 0. The average Bonchev–Trinajstić information content (AvgIpc) is 2.95. The molecule has 0 radical (unpaired) electrons. The van der Waals surface area contributed by atoms with Gasteiger partial charge < -0.3 is 4.98 Å². The molecular formula is C16H9FN4O2. The van der Waals surface area contributed by atoms with Crippen molar-refractivity contribution in [1.29, 1.82) is 5.26 Å². The molecule has 3 rings (SSSR count). The van der Waals surface area contributed by atoms with E-state index in [9.17, 15) is 19.8 Å². The quantitative estimate of drug-likeness (QED) is 0.453. The number of allylic oxidation sites excluding steroid dienone is 1. The number of nitrogens with zero attached hydrogens (tertiary/aromatic N) is 3. The summed E-state index contributed by atoms with van der Waals surface area (Å²) in [7, 11) is 0. The summed E-state index contributed by atoms with van der Waals surface area (Å²) in [6.07, 6.45) is 1.38. The van der Waals surface area contributed by atoms with Crippen LogP contribution in [-0.4, -0.2) is 14.9 Å². The van der Waals surface area contributed by atoms with Crippen LogP contribution in [0, 0.1) is 27.3 Å². The van der Waals surface area contributed by atoms with Crippen LogP contribution in [0.5, 0.6) is 0 Å². The van der Waals surface area contributed by atoms with E-state index in [-0.39, 0.29) is 17.1 Å². The first-order chi connectivity index (χ1) is 11.1. The van der Waals surface area contributed by atoms with Gasteiger partial charge in [-0.25, -0.2) is 9.37 Å². The third kappa shape index (κ3) is 2.78. The minimum absolute atomic E-state index is 0.109. The number of imidazole rings is 1. The van der Waals surface area contributed by atoms with E-state index in [4.69, 9.17) is 0 Å². The SMILES string of the molecule is N#C/C(=C/c1ccccc1[N+](=O)[O-])c1nc2ccc(F)cc2[nH]1. The predicted octanol–water partition coefficient (Wildman–Crippen LogP) is 3.67. The van der Waals surface area contributed by atoms with Gasteiger partial charge in [-0.3, -0.25) is 10.1 Å². The summed E-state index contributed by atoms with van der Waals surface area (Å²) in [5.41, 5.74) is 1.26. The largest absolute Gasteiger partial charge is 0.337 e. The number of fused-ring (bicyclic) bond motifs is 1. The highest BCUT2D eigenvalue weighted by molar-refractivity contribution is 5.91. The second-order valence-corrected chi connectivity index (χ2v) is 4.73. The number of hydrogen-bond donors (Lipinski definition) is 1. The molecule has 0 saturated heterocycles. The third-order valence-electron chi connectivity index (χ3n) is 3.25. The molecule has 0 unspecified atom stereocenters. The normalized spacial score (nSPS) is 11.4. The van der Waals surface area contributed by atoms with Crippen LogP contribution in [0.15, 0.2) is 42.5 Å². The fourth-order valence-corrected chi connectivity index (χ4v) is 2.19. The standard InChI is InChI=1S/C16H9FN4O2/c17-12-5-6-13-14(8-12)20-16(19-13)11(9-18)7-10-3-1-2-4-15(10)21(22)23/h1-8H,(H,19,20)/b11-7-. The molecule has 0 spiro atoms. The van der Waals surface area contributed by atoms with Gasteiger partial charge in [0.05, 0.1) is 27.1 Å². The van der Waals surface area contributed by atoms with Crippen molar-refractivity contribution in [2.24, 2.45) is 0 Å². The topological polar surface area (TPSA) is 95.6 Å². The minimum atomic E-state index is -0.519. The molecule has 0 aliphatic rings. The fraction of sp³-hybridized carbons (Fsp3) is 0. The van der Waals surface area contributed by atoms with Crippen molar-refractivity contribution in [3.63, 3.8) is 0 Å². The average molecular weight is 308 g/mol. The summed E-state index contributed by atoms with van der Waals surface area (Å²) in [5.74, 6) is -0.194. The Hall–Kier alpha value is -3.53. The molecule has 0 bridgehead atoms. The number of rotatable bonds is 3. The van der Waals surface area contributed by atoms with E-state index in [0.29, 0.717) is 16.6 Å². The van der Waals surface area contributed by atoms with Gasteiger partial charge in [0.2, 0.25) is 0 Å². The van der Waals surface area contributed by atoms with Crippen LogP contribution in [0.4, 0.5) is 10.1 Å². The van der Waals surface area contributed by atoms with Crippen molar-refractivity contribution in [2.75, 3.05) is 0 Å². The van der Waals surface area contributed by atoms with Crippen LogP contribution in [0.3, 0.4) is 0 Å². The monoisotopic (exact) mass is 308 g/mol. The summed E-state index contributed by atoms with van der Waals surface area (Å²) in [6, 6.07) is 12.1. The number of aromatic nitrogens is 2. The second kappa shape index (κ2) is 5.69. The Morgan fingerprint density at radius 3 is 2.87 bits per heavy atom. The zero-order valence-corrected chi connectivity index (χ0v) is 11.7. The first kappa shape index (κ1) is 14.4. The van der Waals surface area contributed by atoms with E-state index in [1.807, 2.05) is 6.07 Å². The maximum absolute atomic E-state index is 13.2. The zero-order chi connectivity index (χ0) is 16.4. The van der Waals surface area contributed by atoms with Crippen molar-refractivity contribution in [3.05, 3.63) is 69.8 Å².